The molecule has 0 spiro atoms. The maximum Gasteiger partial charge on any atom is 0.418 e. The molecule has 27 heavy (non-hydrogen) atoms. The molecule has 1 aliphatic rings. The first-order chi connectivity index (χ1) is 12.7. The molecule has 1 heterocycles. The lowest BCUT2D eigenvalue weighted by Crippen LogP contribution is -2.28. The molecular formula is C19H16F4N2O2. The highest BCUT2D eigenvalue weighted by Gasteiger charge is 2.37. The van der Waals surface area contributed by atoms with Crippen LogP contribution in [0.5, 0.6) is 0 Å². The number of hydrogen-bond acceptors (Lipinski definition) is 2. The molecule has 2 amide bonds. The second kappa shape index (κ2) is 7.38. The Morgan fingerprint density at radius 1 is 1.11 bits per heavy atom. The van der Waals surface area contributed by atoms with E-state index in [1.54, 1.807) is 0 Å². The van der Waals surface area contributed by atoms with E-state index in [1.165, 1.54) is 47.4 Å². The third-order valence-electron chi connectivity index (χ3n) is 4.36. The Kier molecular flexibility index (Phi) is 5.16. The normalized spacial score (nSPS) is 17.3. The van der Waals surface area contributed by atoms with Gasteiger partial charge in [0.25, 0.3) is 0 Å². The van der Waals surface area contributed by atoms with E-state index >= 15 is 0 Å². The number of likely N-dealkylation sites (tertiary alicyclic amines) is 1. The summed E-state index contributed by atoms with van der Waals surface area (Å²) >= 11 is 0. The molecular weight excluding hydrogens is 364 g/mol. The SMILES string of the molecule is O=C(Nc1ccccc1C(F)(F)F)C1CC(=O)N(Cc2ccc(F)cc2)C1. The summed E-state index contributed by atoms with van der Waals surface area (Å²) in [7, 11) is 0. The molecule has 0 saturated carbocycles. The Hall–Kier alpha value is -2.90. The average molecular weight is 380 g/mol. The number of nitrogens with zero attached hydrogens (tertiary/aromatic N) is 1. The van der Waals surface area contributed by atoms with Crippen LogP contribution in [0.15, 0.2) is 48.5 Å². The van der Waals surface area contributed by atoms with E-state index < -0.39 is 29.4 Å². The summed E-state index contributed by atoms with van der Waals surface area (Å²) in [5.41, 5.74) is -0.571. The minimum absolute atomic E-state index is 0.0821. The molecule has 1 atom stereocenters. The van der Waals surface area contributed by atoms with Gasteiger partial charge in [-0.3, -0.25) is 9.59 Å². The first kappa shape index (κ1) is 18.9. The van der Waals surface area contributed by atoms with Crippen LogP contribution in [0.1, 0.15) is 17.5 Å². The Morgan fingerprint density at radius 3 is 2.44 bits per heavy atom. The van der Waals surface area contributed by atoms with Crippen molar-refractivity contribution in [3.8, 4) is 0 Å². The molecule has 1 aliphatic heterocycles. The Labute approximate surface area is 152 Å². The topological polar surface area (TPSA) is 49.4 Å². The fraction of sp³-hybridized carbons (Fsp3) is 0.263. The first-order valence-electron chi connectivity index (χ1n) is 8.23. The summed E-state index contributed by atoms with van der Waals surface area (Å²) in [4.78, 5) is 25.9. The van der Waals surface area contributed by atoms with Crippen LogP contribution in [-0.2, 0) is 22.3 Å². The van der Waals surface area contributed by atoms with Gasteiger partial charge in [0.05, 0.1) is 17.2 Å². The highest BCUT2D eigenvalue weighted by atomic mass is 19.4. The van der Waals surface area contributed by atoms with Crippen LogP contribution in [0.2, 0.25) is 0 Å². The van der Waals surface area contributed by atoms with Crippen LogP contribution in [-0.4, -0.2) is 23.3 Å². The van der Waals surface area contributed by atoms with E-state index in [2.05, 4.69) is 5.32 Å². The Bertz CT molecular complexity index is 850. The molecule has 1 unspecified atom stereocenters. The van der Waals surface area contributed by atoms with Gasteiger partial charge in [-0.1, -0.05) is 24.3 Å². The highest BCUT2D eigenvalue weighted by molar-refractivity contribution is 5.97. The highest BCUT2D eigenvalue weighted by Crippen LogP contribution is 2.35. The van der Waals surface area contributed by atoms with Crippen molar-refractivity contribution in [1.29, 1.82) is 0 Å². The van der Waals surface area contributed by atoms with E-state index in [4.69, 9.17) is 0 Å². The number of amides is 2. The van der Waals surface area contributed by atoms with Gasteiger partial charge in [-0.2, -0.15) is 13.2 Å². The fourth-order valence-electron chi connectivity index (χ4n) is 2.98. The van der Waals surface area contributed by atoms with Gasteiger partial charge in [0.15, 0.2) is 0 Å². The second-order valence-electron chi connectivity index (χ2n) is 6.33. The van der Waals surface area contributed by atoms with E-state index in [0.29, 0.717) is 5.56 Å². The summed E-state index contributed by atoms with van der Waals surface area (Å²) in [5, 5.41) is 2.28. The van der Waals surface area contributed by atoms with Crippen LogP contribution in [0.25, 0.3) is 0 Å². The second-order valence-corrected chi connectivity index (χ2v) is 6.33. The van der Waals surface area contributed by atoms with Crippen molar-refractivity contribution in [3.63, 3.8) is 0 Å². The summed E-state index contributed by atoms with van der Waals surface area (Å²) < 4.78 is 52.0. The van der Waals surface area contributed by atoms with Gasteiger partial charge in [-0.15, -0.1) is 0 Å². The van der Waals surface area contributed by atoms with Crippen molar-refractivity contribution < 1.29 is 27.2 Å². The molecule has 2 aromatic carbocycles. The number of para-hydroxylation sites is 1. The number of hydrogen-bond donors (Lipinski definition) is 1. The van der Waals surface area contributed by atoms with E-state index in [0.717, 1.165) is 6.07 Å². The number of carbonyl (C=O) groups is 2. The number of carbonyl (C=O) groups excluding carboxylic acids is 2. The number of anilines is 1. The summed E-state index contributed by atoms with van der Waals surface area (Å²) in [6, 6.07) is 10.3. The Morgan fingerprint density at radius 2 is 1.78 bits per heavy atom. The fourth-order valence-corrected chi connectivity index (χ4v) is 2.98. The van der Waals surface area contributed by atoms with Gasteiger partial charge in [-0.25, -0.2) is 4.39 Å². The van der Waals surface area contributed by atoms with E-state index in [-0.39, 0.29) is 31.1 Å². The zero-order valence-corrected chi connectivity index (χ0v) is 14.1. The quantitative estimate of drug-likeness (QED) is 0.820. The maximum absolute atomic E-state index is 13.0. The van der Waals surface area contributed by atoms with Gasteiger partial charge in [0.1, 0.15) is 5.82 Å². The van der Waals surface area contributed by atoms with E-state index in [1.807, 2.05) is 0 Å². The van der Waals surface area contributed by atoms with Crippen molar-refractivity contribution in [1.82, 2.24) is 4.90 Å². The number of rotatable bonds is 4. The molecule has 3 rings (SSSR count). The van der Waals surface area contributed by atoms with Crippen LogP contribution in [0.4, 0.5) is 23.2 Å². The lowest BCUT2D eigenvalue weighted by Gasteiger charge is -2.18. The van der Waals surface area contributed by atoms with Crippen molar-refractivity contribution in [2.75, 3.05) is 11.9 Å². The zero-order chi connectivity index (χ0) is 19.6. The number of benzene rings is 2. The predicted molar refractivity (Wildman–Crippen MR) is 90.0 cm³/mol. The molecule has 1 saturated heterocycles. The smallest absolute Gasteiger partial charge is 0.338 e. The van der Waals surface area contributed by atoms with Crippen LogP contribution < -0.4 is 5.32 Å². The minimum atomic E-state index is -4.59. The van der Waals surface area contributed by atoms with Crippen LogP contribution in [0.3, 0.4) is 0 Å². The van der Waals surface area contributed by atoms with Gasteiger partial charge in [0, 0.05) is 19.5 Å². The van der Waals surface area contributed by atoms with Gasteiger partial charge >= 0.3 is 6.18 Å². The monoisotopic (exact) mass is 380 g/mol. The maximum atomic E-state index is 13.0. The number of halogens is 4. The van der Waals surface area contributed by atoms with Crippen LogP contribution >= 0.6 is 0 Å². The summed E-state index contributed by atoms with van der Waals surface area (Å²) in [5.74, 6) is -2.06. The molecule has 0 aromatic heterocycles. The van der Waals surface area contributed by atoms with Crippen LogP contribution in [0, 0.1) is 11.7 Å². The molecule has 2 aromatic rings. The number of nitrogens with one attached hydrogen (secondary N) is 1. The summed E-state index contributed by atoms with van der Waals surface area (Å²) in [6.45, 7) is 0.304. The van der Waals surface area contributed by atoms with Crippen molar-refractivity contribution in [2.24, 2.45) is 5.92 Å². The largest absolute Gasteiger partial charge is 0.418 e. The Balaban J connectivity index is 1.67. The molecule has 1 N–H and O–H groups in total. The molecule has 4 nitrogen and oxygen atoms in total. The lowest BCUT2D eigenvalue weighted by molar-refractivity contribution is -0.137. The molecule has 0 bridgehead atoms. The minimum Gasteiger partial charge on any atom is -0.338 e. The molecule has 0 radical (unpaired) electrons. The standard InChI is InChI=1S/C19H16F4N2O2/c20-14-7-5-12(6-8-14)10-25-11-13(9-17(25)26)18(27)24-16-4-2-1-3-15(16)19(21,22)23/h1-8,13H,9-11H2,(H,24,27). The molecule has 0 aliphatic carbocycles. The van der Waals surface area contributed by atoms with E-state index in [9.17, 15) is 27.2 Å². The first-order valence-corrected chi connectivity index (χ1v) is 8.23. The molecule has 1 fully saturated rings. The average Bonchev–Trinajstić information content (AvgIpc) is 2.97. The van der Waals surface area contributed by atoms with Crippen molar-refractivity contribution in [2.45, 2.75) is 19.1 Å². The lowest BCUT2D eigenvalue weighted by atomic mass is 10.1. The van der Waals surface area contributed by atoms with Gasteiger partial charge < -0.3 is 10.2 Å². The third kappa shape index (κ3) is 4.45. The van der Waals surface area contributed by atoms with Gasteiger partial charge in [0.2, 0.25) is 11.8 Å². The summed E-state index contributed by atoms with van der Waals surface area (Å²) in [6.07, 6.45) is -4.68. The zero-order valence-electron chi connectivity index (χ0n) is 14.1. The predicted octanol–water partition coefficient (Wildman–Crippen LogP) is 3.83. The molecule has 8 heteroatoms. The number of alkyl halides is 3. The molecule has 142 valence electrons. The van der Waals surface area contributed by atoms with Gasteiger partial charge in [-0.05, 0) is 29.8 Å². The van der Waals surface area contributed by atoms with Crippen molar-refractivity contribution >= 4 is 17.5 Å². The third-order valence-corrected chi connectivity index (χ3v) is 4.36. The van der Waals surface area contributed by atoms with Crippen molar-refractivity contribution in [3.05, 3.63) is 65.5 Å².